The first-order valence-electron chi connectivity index (χ1n) is 7.30. The minimum Gasteiger partial charge on any atom is -0.385 e. The van der Waals surface area contributed by atoms with Crippen LogP contribution in [0.25, 0.3) is 0 Å². The Morgan fingerprint density at radius 1 is 1.08 bits per heavy atom. The molecule has 0 heterocycles. The van der Waals surface area contributed by atoms with Crippen molar-refractivity contribution < 1.29 is 26.0 Å². The fraction of sp³-hybridized carbons (Fsp3) is 0.250. The molecule has 0 atom stereocenters. The summed E-state index contributed by atoms with van der Waals surface area (Å²) in [6.45, 7) is 0.336. The summed E-state index contributed by atoms with van der Waals surface area (Å²) >= 11 is 0. The summed E-state index contributed by atoms with van der Waals surface area (Å²) in [5, 5.41) is 7.62. The summed E-state index contributed by atoms with van der Waals surface area (Å²) in [5.74, 6) is -0.348. The molecule has 0 aliphatic rings. The molecule has 2 rings (SSSR count). The van der Waals surface area contributed by atoms with Gasteiger partial charge in [0.25, 0.3) is 0 Å². The number of aryl methyl sites for hydroxylation is 1. The van der Waals surface area contributed by atoms with Gasteiger partial charge >= 0.3 is 6.18 Å². The van der Waals surface area contributed by atoms with Crippen molar-refractivity contribution in [3.8, 4) is 0 Å². The molecule has 0 bridgehead atoms. The third-order valence-electron chi connectivity index (χ3n) is 3.45. The first-order valence-corrected chi connectivity index (χ1v) is 8.84. The number of nitrogens with two attached hydrogens (primary N) is 1. The van der Waals surface area contributed by atoms with Gasteiger partial charge in [0.2, 0.25) is 10.0 Å². The molecule has 0 aromatic heterocycles. The van der Waals surface area contributed by atoms with Crippen molar-refractivity contribution in [2.24, 2.45) is 5.14 Å². The predicted octanol–water partition coefficient (Wildman–Crippen LogP) is 3.54. The van der Waals surface area contributed by atoms with E-state index in [1.807, 2.05) is 0 Å². The van der Waals surface area contributed by atoms with Crippen molar-refractivity contribution in [2.45, 2.75) is 23.9 Å². The number of benzene rings is 2. The number of hydrogen-bond acceptors (Lipinski definition) is 3. The van der Waals surface area contributed by atoms with Crippen LogP contribution in [0.15, 0.2) is 47.4 Å². The monoisotopic (exact) mass is 376 g/mol. The number of anilines is 1. The standard InChI is InChI=1S/C16H16F4N2O2S/c17-12-5-1-3-11(9-12)4-2-8-22-13-6-7-15(25(21,23)24)14(10-13)16(18,19)20/h1,3,5-7,9-10,22H,2,4,8H2,(H2,21,23,24). The van der Waals surface area contributed by atoms with Crippen LogP contribution in [-0.4, -0.2) is 15.0 Å². The molecule has 4 nitrogen and oxygen atoms in total. The van der Waals surface area contributed by atoms with Gasteiger partial charge in [-0.2, -0.15) is 13.2 Å². The lowest BCUT2D eigenvalue weighted by Gasteiger charge is -2.14. The second-order valence-corrected chi connectivity index (χ2v) is 6.94. The Morgan fingerprint density at radius 3 is 2.40 bits per heavy atom. The summed E-state index contributed by atoms with van der Waals surface area (Å²) in [7, 11) is -4.48. The Hall–Kier alpha value is -2.13. The highest BCUT2D eigenvalue weighted by atomic mass is 32.2. The lowest BCUT2D eigenvalue weighted by molar-refractivity contribution is -0.139. The van der Waals surface area contributed by atoms with Crippen LogP contribution in [0.3, 0.4) is 0 Å². The van der Waals surface area contributed by atoms with E-state index in [9.17, 15) is 26.0 Å². The van der Waals surface area contributed by atoms with E-state index in [0.717, 1.165) is 11.6 Å². The molecule has 25 heavy (non-hydrogen) atoms. The minimum absolute atomic E-state index is 0.124. The van der Waals surface area contributed by atoms with E-state index in [1.165, 1.54) is 18.2 Å². The Bertz CT molecular complexity index is 851. The number of rotatable bonds is 6. The Labute approximate surface area is 142 Å². The second-order valence-electron chi connectivity index (χ2n) is 5.41. The molecular weight excluding hydrogens is 360 g/mol. The van der Waals surface area contributed by atoms with Crippen LogP contribution in [0.5, 0.6) is 0 Å². The first kappa shape index (κ1) is 19.2. The molecule has 0 saturated heterocycles. The lowest BCUT2D eigenvalue weighted by atomic mass is 10.1. The minimum atomic E-state index is -4.85. The zero-order valence-electron chi connectivity index (χ0n) is 13.0. The fourth-order valence-electron chi connectivity index (χ4n) is 2.33. The number of sulfonamides is 1. The molecule has 0 fully saturated rings. The molecular formula is C16H16F4N2O2S. The first-order chi connectivity index (χ1) is 11.6. The summed E-state index contributed by atoms with van der Waals surface area (Å²) < 4.78 is 74.7. The number of primary sulfonamides is 1. The van der Waals surface area contributed by atoms with Crippen LogP contribution in [0.4, 0.5) is 23.2 Å². The molecule has 2 aromatic rings. The van der Waals surface area contributed by atoms with Gasteiger partial charge in [-0.05, 0) is 48.7 Å². The summed E-state index contributed by atoms with van der Waals surface area (Å²) in [6.07, 6.45) is -3.74. The van der Waals surface area contributed by atoms with E-state index in [1.54, 1.807) is 12.1 Å². The second kappa shape index (κ2) is 7.40. The zero-order valence-corrected chi connectivity index (χ0v) is 13.8. The van der Waals surface area contributed by atoms with Crippen molar-refractivity contribution in [1.82, 2.24) is 0 Å². The van der Waals surface area contributed by atoms with E-state index in [4.69, 9.17) is 5.14 Å². The Morgan fingerprint density at radius 2 is 1.80 bits per heavy atom. The number of halogens is 4. The van der Waals surface area contributed by atoms with Gasteiger partial charge in [0.1, 0.15) is 5.82 Å². The third-order valence-corrected chi connectivity index (χ3v) is 4.42. The number of alkyl halides is 3. The molecule has 136 valence electrons. The molecule has 2 aromatic carbocycles. The molecule has 0 aliphatic heterocycles. The quantitative estimate of drug-likeness (QED) is 0.598. The van der Waals surface area contributed by atoms with Crippen LogP contribution in [-0.2, 0) is 22.6 Å². The van der Waals surface area contributed by atoms with Gasteiger partial charge < -0.3 is 5.32 Å². The van der Waals surface area contributed by atoms with E-state index < -0.39 is 26.7 Å². The molecule has 0 saturated carbocycles. The van der Waals surface area contributed by atoms with Crippen LogP contribution in [0.2, 0.25) is 0 Å². The number of hydrogen-bond donors (Lipinski definition) is 2. The van der Waals surface area contributed by atoms with Crippen molar-refractivity contribution in [1.29, 1.82) is 0 Å². The largest absolute Gasteiger partial charge is 0.417 e. The third kappa shape index (κ3) is 5.43. The van der Waals surface area contributed by atoms with E-state index >= 15 is 0 Å². The maximum atomic E-state index is 13.1. The molecule has 9 heteroatoms. The van der Waals surface area contributed by atoms with Gasteiger partial charge in [0.05, 0.1) is 10.5 Å². The summed E-state index contributed by atoms with van der Waals surface area (Å²) in [4.78, 5) is -0.967. The van der Waals surface area contributed by atoms with Gasteiger partial charge in [0.15, 0.2) is 0 Å². The van der Waals surface area contributed by atoms with Crippen LogP contribution >= 0.6 is 0 Å². The Kier molecular flexibility index (Phi) is 5.69. The van der Waals surface area contributed by atoms with Gasteiger partial charge in [-0.1, -0.05) is 12.1 Å². The molecule has 0 radical (unpaired) electrons. The highest BCUT2D eigenvalue weighted by molar-refractivity contribution is 7.89. The zero-order chi connectivity index (χ0) is 18.7. The summed E-state index contributed by atoms with van der Waals surface area (Å²) in [5.41, 5.74) is -0.411. The van der Waals surface area contributed by atoms with Crippen molar-refractivity contribution in [3.05, 3.63) is 59.4 Å². The van der Waals surface area contributed by atoms with Crippen LogP contribution in [0.1, 0.15) is 17.5 Å². The lowest BCUT2D eigenvalue weighted by Crippen LogP contribution is -2.19. The van der Waals surface area contributed by atoms with E-state index in [0.29, 0.717) is 25.5 Å². The van der Waals surface area contributed by atoms with Gasteiger partial charge in [0, 0.05) is 12.2 Å². The molecule has 0 unspecified atom stereocenters. The number of nitrogens with one attached hydrogen (secondary N) is 1. The average Bonchev–Trinajstić information content (AvgIpc) is 2.50. The van der Waals surface area contributed by atoms with E-state index in [2.05, 4.69) is 5.32 Å². The molecule has 0 spiro atoms. The normalized spacial score (nSPS) is 12.2. The SMILES string of the molecule is NS(=O)(=O)c1ccc(NCCCc2cccc(F)c2)cc1C(F)(F)F. The van der Waals surface area contributed by atoms with Crippen molar-refractivity contribution in [3.63, 3.8) is 0 Å². The Balaban J connectivity index is 2.05. The maximum absolute atomic E-state index is 13.1. The highest BCUT2D eigenvalue weighted by Gasteiger charge is 2.36. The topological polar surface area (TPSA) is 72.2 Å². The van der Waals surface area contributed by atoms with Gasteiger partial charge in [-0.25, -0.2) is 17.9 Å². The van der Waals surface area contributed by atoms with Crippen LogP contribution < -0.4 is 10.5 Å². The van der Waals surface area contributed by atoms with Crippen LogP contribution in [0, 0.1) is 5.82 Å². The predicted molar refractivity (Wildman–Crippen MR) is 86.0 cm³/mol. The molecule has 0 aliphatic carbocycles. The van der Waals surface area contributed by atoms with Gasteiger partial charge in [-0.3, -0.25) is 0 Å². The fourth-order valence-corrected chi connectivity index (χ4v) is 3.07. The highest BCUT2D eigenvalue weighted by Crippen LogP contribution is 2.35. The molecule has 0 amide bonds. The van der Waals surface area contributed by atoms with E-state index in [-0.39, 0.29) is 11.5 Å². The van der Waals surface area contributed by atoms with Crippen molar-refractivity contribution >= 4 is 15.7 Å². The summed E-state index contributed by atoms with van der Waals surface area (Å²) in [6, 6.07) is 8.81. The van der Waals surface area contributed by atoms with Gasteiger partial charge in [-0.15, -0.1) is 0 Å². The molecule has 3 N–H and O–H groups in total. The maximum Gasteiger partial charge on any atom is 0.417 e. The smallest absolute Gasteiger partial charge is 0.385 e. The van der Waals surface area contributed by atoms with Crippen molar-refractivity contribution in [2.75, 3.05) is 11.9 Å². The average molecular weight is 376 g/mol.